The van der Waals surface area contributed by atoms with Gasteiger partial charge in [-0.2, -0.15) is 0 Å². The number of rotatable bonds is 3. The molecule has 1 aromatic heterocycles. The number of anilines is 1. The summed E-state index contributed by atoms with van der Waals surface area (Å²) in [6.45, 7) is 0.484. The zero-order chi connectivity index (χ0) is 12.4. The van der Waals surface area contributed by atoms with Crippen LogP contribution in [0.3, 0.4) is 0 Å². The van der Waals surface area contributed by atoms with Crippen molar-refractivity contribution in [2.75, 3.05) is 5.73 Å². The van der Waals surface area contributed by atoms with Crippen LogP contribution >= 0.6 is 11.3 Å². The highest BCUT2D eigenvalue weighted by molar-refractivity contribution is 7.18. The van der Waals surface area contributed by atoms with Gasteiger partial charge in [-0.1, -0.05) is 18.2 Å². The lowest BCUT2D eigenvalue weighted by molar-refractivity contribution is 0.100. The molecular weight excluding hydrogens is 234 g/mol. The van der Waals surface area contributed by atoms with Crippen LogP contribution in [0.2, 0.25) is 0 Å². The van der Waals surface area contributed by atoms with E-state index >= 15 is 0 Å². The van der Waals surface area contributed by atoms with E-state index in [2.05, 4.69) is 0 Å². The van der Waals surface area contributed by atoms with Gasteiger partial charge in [0.15, 0.2) is 0 Å². The van der Waals surface area contributed by atoms with Crippen molar-refractivity contribution < 1.29 is 4.79 Å². The molecule has 0 aliphatic carbocycles. The fourth-order valence-electron chi connectivity index (χ4n) is 1.59. The molecule has 0 bridgehead atoms. The van der Waals surface area contributed by atoms with Crippen molar-refractivity contribution in [2.45, 2.75) is 6.54 Å². The molecule has 0 atom stereocenters. The molecule has 2 rings (SSSR count). The summed E-state index contributed by atoms with van der Waals surface area (Å²) in [7, 11) is 0. The number of carbonyl (C=O) groups excluding carboxylic acids is 1. The summed E-state index contributed by atoms with van der Waals surface area (Å²) in [4.78, 5) is 12.4. The Hall–Kier alpha value is -1.85. The number of amides is 1. The molecule has 17 heavy (non-hydrogen) atoms. The van der Waals surface area contributed by atoms with Gasteiger partial charge in [0.2, 0.25) is 0 Å². The van der Waals surface area contributed by atoms with Gasteiger partial charge in [-0.25, -0.2) is 0 Å². The molecule has 0 saturated carbocycles. The average molecular weight is 247 g/mol. The summed E-state index contributed by atoms with van der Waals surface area (Å²) in [5.41, 5.74) is 19.0. The van der Waals surface area contributed by atoms with E-state index in [9.17, 15) is 4.79 Å². The van der Waals surface area contributed by atoms with Gasteiger partial charge in [0.05, 0.1) is 5.69 Å². The predicted molar refractivity (Wildman–Crippen MR) is 70.6 cm³/mol. The van der Waals surface area contributed by atoms with Gasteiger partial charge in [0.1, 0.15) is 4.88 Å². The first-order valence-corrected chi connectivity index (χ1v) is 5.92. The van der Waals surface area contributed by atoms with Gasteiger partial charge in [0.25, 0.3) is 5.91 Å². The van der Waals surface area contributed by atoms with E-state index in [1.54, 1.807) is 6.07 Å². The molecule has 1 amide bonds. The summed E-state index contributed by atoms with van der Waals surface area (Å²) < 4.78 is 0. The Bertz CT molecular complexity index is 563. The highest BCUT2D eigenvalue weighted by Crippen LogP contribution is 2.33. The van der Waals surface area contributed by atoms with E-state index in [-0.39, 0.29) is 0 Å². The summed E-state index contributed by atoms with van der Waals surface area (Å²) in [6, 6.07) is 9.58. The average Bonchev–Trinajstić information content (AvgIpc) is 2.71. The number of nitrogens with two attached hydrogens (primary N) is 3. The summed E-state index contributed by atoms with van der Waals surface area (Å²) in [5, 5.41) is 0. The van der Waals surface area contributed by atoms with E-state index in [0.29, 0.717) is 17.1 Å². The lowest BCUT2D eigenvalue weighted by atomic mass is 10.1. The lowest BCUT2D eigenvalue weighted by Crippen LogP contribution is -2.10. The van der Waals surface area contributed by atoms with Crippen molar-refractivity contribution in [3.8, 4) is 10.4 Å². The Labute approximate surface area is 103 Å². The Balaban J connectivity index is 2.46. The number of hydrogen-bond donors (Lipinski definition) is 3. The molecule has 1 aromatic carbocycles. The van der Waals surface area contributed by atoms with E-state index < -0.39 is 5.91 Å². The molecule has 2 aromatic rings. The van der Waals surface area contributed by atoms with Gasteiger partial charge < -0.3 is 17.2 Å². The maximum Gasteiger partial charge on any atom is 0.260 e. The quantitative estimate of drug-likeness (QED) is 0.768. The predicted octanol–water partition coefficient (Wildman–Crippen LogP) is 1.55. The minimum absolute atomic E-state index is 0.401. The van der Waals surface area contributed by atoms with Crippen molar-refractivity contribution in [1.82, 2.24) is 0 Å². The minimum atomic E-state index is -0.492. The number of carbonyl (C=O) groups is 1. The third-order valence-electron chi connectivity index (χ3n) is 2.43. The molecule has 0 saturated heterocycles. The third kappa shape index (κ3) is 2.30. The van der Waals surface area contributed by atoms with Crippen molar-refractivity contribution in [2.24, 2.45) is 11.5 Å². The number of hydrogen-bond acceptors (Lipinski definition) is 4. The number of nitrogen functional groups attached to an aromatic ring is 1. The Morgan fingerprint density at radius 3 is 2.65 bits per heavy atom. The molecule has 4 nitrogen and oxygen atoms in total. The maximum absolute atomic E-state index is 11.1. The van der Waals surface area contributed by atoms with Gasteiger partial charge in [-0.3, -0.25) is 4.79 Å². The fraction of sp³-hybridized carbons (Fsp3) is 0.0833. The Morgan fingerprint density at radius 2 is 2.06 bits per heavy atom. The van der Waals surface area contributed by atoms with Crippen molar-refractivity contribution in [3.05, 3.63) is 40.8 Å². The molecule has 0 spiro atoms. The van der Waals surface area contributed by atoms with Crippen molar-refractivity contribution >= 4 is 22.9 Å². The third-order valence-corrected chi connectivity index (χ3v) is 3.65. The standard InChI is InChI=1S/C12H13N3OS/c13-6-7-2-1-3-8(4-7)10-5-9(14)11(17-10)12(15)16/h1-5H,6,13-14H2,(H2,15,16). The van der Waals surface area contributed by atoms with Gasteiger partial charge in [0, 0.05) is 11.4 Å². The Kier molecular flexibility index (Phi) is 3.12. The van der Waals surface area contributed by atoms with Crippen molar-refractivity contribution in [1.29, 1.82) is 0 Å². The highest BCUT2D eigenvalue weighted by atomic mass is 32.1. The molecule has 5 heteroatoms. The topological polar surface area (TPSA) is 95.1 Å². The minimum Gasteiger partial charge on any atom is -0.397 e. The van der Waals surface area contributed by atoms with Crippen LogP contribution in [0.1, 0.15) is 15.2 Å². The highest BCUT2D eigenvalue weighted by Gasteiger charge is 2.12. The first-order valence-electron chi connectivity index (χ1n) is 5.10. The normalized spacial score (nSPS) is 10.4. The van der Waals surface area contributed by atoms with Gasteiger partial charge >= 0.3 is 0 Å². The van der Waals surface area contributed by atoms with Crippen LogP contribution in [0.5, 0.6) is 0 Å². The van der Waals surface area contributed by atoms with E-state index in [1.807, 2.05) is 24.3 Å². The summed E-state index contributed by atoms with van der Waals surface area (Å²) in [5.74, 6) is -0.492. The second kappa shape index (κ2) is 4.57. The molecule has 1 heterocycles. The smallest absolute Gasteiger partial charge is 0.260 e. The number of thiophene rings is 1. The SMILES string of the molecule is NCc1cccc(-c2cc(N)c(C(N)=O)s2)c1. The number of benzene rings is 1. The fourth-order valence-corrected chi connectivity index (χ4v) is 2.52. The van der Waals surface area contributed by atoms with Crippen LogP contribution in [-0.4, -0.2) is 5.91 Å². The van der Waals surface area contributed by atoms with Crippen LogP contribution in [0, 0.1) is 0 Å². The van der Waals surface area contributed by atoms with Crippen LogP contribution in [0.4, 0.5) is 5.69 Å². The molecule has 0 unspecified atom stereocenters. The summed E-state index contributed by atoms with van der Waals surface area (Å²) >= 11 is 1.30. The molecule has 88 valence electrons. The second-order valence-corrected chi connectivity index (χ2v) is 4.72. The second-order valence-electron chi connectivity index (χ2n) is 3.66. The van der Waals surface area contributed by atoms with Gasteiger partial charge in [-0.05, 0) is 23.3 Å². The molecular formula is C12H13N3OS. The zero-order valence-electron chi connectivity index (χ0n) is 9.14. The van der Waals surface area contributed by atoms with E-state index in [4.69, 9.17) is 17.2 Å². The molecule has 0 fully saturated rings. The van der Waals surface area contributed by atoms with E-state index in [0.717, 1.165) is 16.0 Å². The molecule has 6 N–H and O–H groups in total. The maximum atomic E-state index is 11.1. The van der Waals surface area contributed by atoms with Crippen LogP contribution in [0.15, 0.2) is 30.3 Å². The first-order chi connectivity index (χ1) is 8.11. The monoisotopic (exact) mass is 247 g/mol. The van der Waals surface area contributed by atoms with Crippen LogP contribution in [-0.2, 0) is 6.54 Å². The van der Waals surface area contributed by atoms with Crippen molar-refractivity contribution in [3.63, 3.8) is 0 Å². The largest absolute Gasteiger partial charge is 0.397 e. The Morgan fingerprint density at radius 1 is 1.29 bits per heavy atom. The van der Waals surface area contributed by atoms with Crippen LogP contribution in [0.25, 0.3) is 10.4 Å². The zero-order valence-corrected chi connectivity index (χ0v) is 9.96. The molecule has 0 aliphatic rings. The van der Waals surface area contributed by atoms with E-state index in [1.165, 1.54) is 11.3 Å². The molecule has 0 radical (unpaired) electrons. The lowest BCUT2D eigenvalue weighted by Gasteiger charge is -2.00. The summed E-state index contributed by atoms with van der Waals surface area (Å²) in [6.07, 6.45) is 0. The first kappa shape index (κ1) is 11.6. The number of primary amides is 1. The van der Waals surface area contributed by atoms with Crippen LogP contribution < -0.4 is 17.2 Å². The molecule has 0 aliphatic heterocycles. The van der Waals surface area contributed by atoms with Gasteiger partial charge in [-0.15, -0.1) is 11.3 Å².